The third kappa shape index (κ3) is 5.14. The maximum atomic E-state index is 11.2. The summed E-state index contributed by atoms with van der Waals surface area (Å²) in [5, 5.41) is -0.112. The summed E-state index contributed by atoms with van der Waals surface area (Å²) < 4.78 is 10.9. The first-order chi connectivity index (χ1) is 6.44. The van der Waals surface area contributed by atoms with Crippen molar-refractivity contribution in [1.82, 2.24) is 0 Å². The van der Waals surface area contributed by atoms with Gasteiger partial charge in [0, 0.05) is 24.7 Å². The predicted molar refractivity (Wildman–Crippen MR) is 61.6 cm³/mol. The van der Waals surface area contributed by atoms with E-state index in [9.17, 15) is 4.79 Å². The molecule has 0 fully saturated rings. The van der Waals surface area contributed by atoms with Crippen molar-refractivity contribution in [2.45, 2.75) is 33.7 Å². The first kappa shape index (κ1) is 14.2. The fraction of sp³-hybridized carbons (Fsp3) is 0.889. The van der Waals surface area contributed by atoms with Gasteiger partial charge in [-0.05, 0) is 13.8 Å². The van der Waals surface area contributed by atoms with Crippen molar-refractivity contribution in [3.8, 4) is 0 Å². The van der Waals surface area contributed by atoms with Crippen LogP contribution in [-0.2, 0) is 13.6 Å². The van der Waals surface area contributed by atoms with E-state index in [1.807, 2.05) is 27.7 Å². The van der Waals surface area contributed by atoms with Crippen LogP contribution in [0.5, 0.6) is 0 Å². The van der Waals surface area contributed by atoms with Gasteiger partial charge in [0.2, 0.25) is 0 Å². The van der Waals surface area contributed by atoms with E-state index < -0.39 is 14.7 Å². The molecule has 0 saturated carbocycles. The molecule has 0 amide bonds. The summed E-state index contributed by atoms with van der Waals surface area (Å²) in [6.45, 7) is 8.85. The Balaban J connectivity index is 4.19. The van der Waals surface area contributed by atoms with Crippen LogP contribution in [0.1, 0.15) is 27.7 Å². The van der Waals surface area contributed by atoms with Crippen molar-refractivity contribution in [1.29, 1.82) is 0 Å². The van der Waals surface area contributed by atoms with Gasteiger partial charge in [-0.25, -0.2) is 0 Å². The monoisotopic (exact) mass is 235 g/mol. The highest BCUT2D eigenvalue weighted by Crippen LogP contribution is 2.26. The molecule has 0 aliphatic rings. The minimum atomic E-state index is -1.32. The predicted octanol–water partition coefficient (Wildman–Crippen LogP) is 2.03. The van der Waals surface area contributed by atoms with E-state index in [4.69, 9.17) is 8.85 Å². The normalized spacial score (nSPS) is 12.1. The van der Waals surface area contributed by atoms with Crippen LogP contribution in [0, 0.1) is 5.41 Å². The zero-order valence-corrected chi connectivity index (χ0v) is 11.2. The topological polar surface area (TPSA) is 35.5 Å². The van der Waals surface area contributed by atoms with Gasteiger partial charge in [-0.3, -0.25) is 4.79 Å². The molecule has 14 heavy (non-hydrogen) atoms. The maximum absolute atomic E-state index is 11.2. The molecular weight excluding hydrogens is 216 g/mol. The molecule has 0 heterocycles. The van der Waals surface area contributed by atoms with Crippen LogP contribution in [0.25, 0.3) is 0 Å². The first-order valence-corrected chi connectivity index (χ1v) is 6.76. The number of thiol groups is 1. The zero-order chi connectivity index (χ0) is 11.2. The summed E-state index contributed by atoms with van der Waals surface area (Å²) in [5.41, 5.74) is -0.457. The van der Waals surface area contributed by atoms with Gasteiger partial charge in [-0.2, -0.15) is 0 Å². The molecule has 0 unspecified atom stereocenters. The highest BCUT2D eigenvalue weighted by molar-refractivity contribution is 7.96. The molecule has 0 aliphatic heterocycles. The molecule has 3 nitrogen and oxygen atoms in total. The summed E-state index contributed by atoms with van der Waals surface area (Å²) in [4.78, 5) is 11.2. The number of rotatable bonds is 7. The molecule has 0 N–H and O–H groups in total. The minimum Gasteiger partial charge on any atom is -0.394 e. The third-order valence-electron chi connectivity index (χ3n) is 1.78. The van der Waals surface area contributed by atoms with Gasteiger partial charge in [-0.15, -0.1) is 12.6 Å². The number of hydrogen-bond acceptors (Lipinski definition) is 3. The summed E-state index contributed by atoms with van der Waals surface area (Å²) >= 11 is 3.86. The minimum absolute atomic E-state index is 0.112. The van der Waals surface area contributed by atoms with Crippen molar-refractivity contribution >= 4 is 27.0 Å². The van der Waals surface area contributed by atoms with E-state index >= 15 is 0 Å². The van der Waals surface area contributed by atoms with E-state index in [1.165, 1.54) is 0 Å². The number of carbonyl (C=O) groups excluding carboxylic acids is 1. The van der Waals surface area contributed by atoms with Crippen molar-refractivity contribution in [2.75, 3.05) is 13.2 Å². The molecule has 0 aromatic heterocycles. The Hall–Kier alpha value is 0.157. The molecular formula is C9H19O3SSi. The fourth-order valence-corrected chi connectivity index (χ4v) is 2.94. The Kier molecular flexibility index (Phi) is 6.68. The van der Waals surface area contributed by atoms with E-state index in [0.29, 0.717) is 19.3 Å². The van der Waals surface area contributed by atoms with Crippen LogP contribution < -0.4 is 0 Å². The van der Waals surface area contributed by atoms with E-state index in [-0.39, 0.29) is 5.12 Å². The van der Waals surface area contributed by atoms with Gasteiger partial charge in [0.05, 0.1) is 0 Å². The Morgan fingerprint density at radius 1 is 1.29 bits per heavy atom. The Bertz CT molecular complexity index is 179. The molecule has 0 saturated heterocycles. The van der Waals surface area contributed by atoms with Crippen LogP contribution in [0.3, 0.4) is 0 Å². The van der Waals surface area contributed by atoms with Crippen molar-refractivity contribution in [3.05, 3.63) is 0 Å². The lowest BCUT2D eigenvalue weighted by Gasteiger charge is -2.23. The van der Waals surface area contributed by atoms with Gasteiger partial charge in [0.1, 0.15) is 0 Å². The Labute approximate surface area is 93.4 Å². The first-order valence-electron chi connectivity index (χ1n) is 4.78. The van der Waals surface area contributed by atoms with E-state index in [1.54, 1.807) is 0 Å². The molecule has 0 aromatic carbocycles. The van der Waals surface area contributed by atoms with Gasteiger partial charge >= 0.3 is 9.28 Å². The lowest BCUT2D eigenvalue weighted by atomic mass is 9.99. The number of carbonyl (C=O) groups is 1. The molecule has 0 bridgehead atoms. The second-order valence-electron chi connectivity index (χ2n) is 3.60. The maximum Gasteiger partial charge on any atom is 0.385 e. The van der Waals surface area contributed by atoms with Gasteiger partial charge < -0.3 is 8.85 Å². The molecule has 1 radical (unpaired) electrons. The van der Waals surface area contributed by atoms with Crippen LogP contribution >= 0.6 is 12.6 Å². The van der Waals surface area contributed by atoms with Crippen LogP contribution in [0.4, 0.5) is 0 Å². The molecule has 5 heteroatoms. The van der Waals surface area contributed by atoms with Crippen molar-refractivity contribution in [3.63, 3.8) is 0 Å². The quantitative estimate of drug-likeness (QED) is 0.542. The van der Waals surface area contributed by atoms with Crippen LogP contribution in [0.15, 0.2) is 0 Å². The molecule has 0 aliphatic carbocycles. The van der Waals surface area contributed by atoms with Crippen molar-refractivity contribution < 1.29 is 13.6 Å². The summed E-state index contributed by atoms with van der Waals surface area (Å²) in [5.74, 6) is 0. The van der Waals surface area contributed by atoms with Gasteiger partial charge in [0.25, 0.3) is 0 Å². The average Bonchev–Trinajstić information content (AvgIpc) is 2.04. The highest BCUT2D eigenvalue weighted by atomic mass is 32.1. The Morgan fingerprint density at radius 2 is 1.71 bits per heavy atom. The SMILES string of the molecule is CCO[Si](CC(C)(C)C(=O)S)OCC. The molecule has 0 rings (SSSR count). The molecule has 0 atom stereocenters. The summed E-state index contributed by atoms with van der Waals surface area (Å²) in [6, 6.07) is 0.641. The standard InChI is InChI=1S/C9H19O3SSi/c1-5-11-14(12-6-2)7-9(3,4)8(10)13/h5-7H2,1-4H3,(H,10,13). The van der Waals surface area contributed by atoms with Gasteiger partial charge in [-0.1, -0.05) is 13.8 Å². The summed E-state index contributed by atoms with van der Waals surface area (Å²) in [6.07, 6.45) is 0. The lowest BCUT2D eigenvalue weighted by molar-refractivity contribution is -0.117. The lowest BCUT2D eigenvalue weighted by Crippen LogP contribution is -2.32. The highest BCUT2D eigenvalue weighted by Gasteiger charge is 2.32. The fourth-order valence-electron chi connectivity index (χ4n) is 0.902. The second kappa shape index (κ2) is 6.61. The largest absolute Gasteiger partial charge is 0.394 e. The van der Waals surface area contributed by atoms with Crippen molar-refractivity contribution in [2.24, 2.45) is 5.41 Å². The molecule has 0 spiro atoms. The smallest absolute Gasteiger partial charge is 0.385 e. The Morgan fingerprint density at radius 3 is 2.00 bits per heavy atom. The molecule has 83 valence electrons. The van der Waals surface area contributed by atoms with Crippen LogP contribution in [-0.4, -0.2) is 27.6 Å². The zero-order valence-electron chi connectivity index (χ0n) is 9.29. The van der Waals surface area contributed by atoms with E-state index in [2.05, 4.69) is 12.6 Å². The van der Waals surface area contributed by atoms with E-state index in [0.717, 1.165) is 0 Å². The van der Waals surface area contributed by atoms with Gasteiger partial charge in [0.15, 0.2) is 5.12 Å². The average molecular weight is 235 g/mol. The number of hydrogen-bond donors (Lipinski definition) is 1. The molecule has 0 aromatic rings. The summed E-state index contributed by atoms with van der Waals surface area (Å²) in [7, 11) is -1.32. The second-order valence-corrected chi connectivity index (χ2v) is 5.68. The van der Waals surface area contributed by atoms with Crippen LogP contribution in [0.2, 0.25) is 6.04 Å². The third-order valence-corrected chi connectivity index (χ3v) is 4.78.